The molecule has 1 aromatic carbocycles. The van der Waals surface area contributed by atoms with Crippen LogP contribution >= 0.6 is 11.3 Å². The Hall–Kier alpha value is -2.62. The van der Waals surface area contributed by atoms with Gasteiger partial charge in [-0.3, -0.25) is 4.79 Å². The van der Waals surface area contributed by atoms with E-state index < -0.39 is 23.4 Å². The fourth-order valence-electron chi connectivity index (χ4n) is 3.36. The average Bonchev–Trinajstić information content (AvgIpc) is 3.27. The third-order valence-corrected chi connectivity index (χ3v) is 5.97. The number of alkyl halides is 3. The smallest absolute Gasteiger partial charge is 0.416 e. The molecule has 1 saturated heterocycles. The van der Waals surface area contributed by atoms with Crippen molar-refractivity contribution >= 4 is 28.3 Å². The molecule has 2 aromatic rings. The van der Waals surface area contributed by atoms with Gasteiger partial charge in [0, 0.05) is 19.5 Å². The molecule has 1 aliphatic heterocycles. The first-order valence-corrected chi connectivity index (χ1v) is 11.0. The fraction of sp³-hybridized carbons (Fsp3) is 0.500. The SMILES string of the molecule is Cc1nc(Cc2cccc(C(F)(F)F)c2)sc1NC(=O)C1CCN(C(=O)OC(C)(C)C)C1. The number of rotatable bonds is 4. The molecule has 1 aromatic heterocycles. The lowest BCUT2D eigenvalue weighted by Gasteiger charge is -2.24. The molecule has 0 aliphatic carbocycles. The third kappa shape index (κ3) is 6.21. The zero-order chi connectivity index (χ0) is 23.7. The van der Waals surface area contributed by atoms with Gasteiger partial charge in [0.05, 0.1) is 22.2 Å². The molecule has 0 radical (unpaired) electrons. The molecule has 174 valence electrons. The van der Waals surface area contributed by atoms with Crippen molar-refractivity contribution < 1.29 is 27.5 Å². The van der Waals surface area contributed by atoms with Gasteiger partial charge in [-0.2, -0.15) is 13.2 Å². The summed E-state index contributed by atoms with van der Waals surface area (Å²) >= 11 is 1.24. The number of carbonyl (C=O) groups is 2. The molecule has 1 atom stereocenters. The Morgan fingerprint density at radius 1 is 1.28 bits per heavy atom. The lowest BCUT2D eigenvalue weighted by molar-refractivity contribution is -0.137. The Balaban J connectivity index is 1.61. The number of halogens is 3. The van der Waals surface area contributed by atoms with Crippen LogP contribution in [0.4, 0.5) is 23.0 Å². The van der Waals surface area contributed by atoms with Gasteiger partial charge < -0.3 is 15.0 Å². The Labute approximate surface area is 188 Å². The topological polar surface area (TPSA) is 71.5 Å². The molecule has 0 bridgehead atoms. The van der Waals surface area contributed by atoms with Gasteiger partial charge in [-0.15, -0.1) is 11.3 Å². The number of benzene rings is 1. The molecular weight excluding hydrogens is 443 g/mol. The number of aryl methyl sites for hydroxylation is 1. The van der Waals surface area contributed by atoms with Crippen LogP contribution in [0.25, 0.3) is 0 Å². The number of nitrogens with zero attached hydrogens (tertiary/aromatic N) is 2. The lowest BCUT2D eigenvalue weighted by Crippen LogP contribution is -2.36. The van der Waals surface area contributed by atoms with Gasteiger partial charge in [-0.25, -0.2) is 9.78 Å². The van der Waals surface area contributed by atoms with Gasteiger partial charge in [-0.05, 0) is 45.7 Å². The van der Waals surface area contributed by atoms with E-state index in [1.54, 1.807) is 33.8 Å². The predicted octanol–water partition coefficient (Wildman–Crippen LogP) is 5.26. The molecule has 32 heavy (non-hydrogen) atoms. The van der Waals surface area contributed by atoms with Gasteiger partial charge in [-0.1, -0.05) is 18.2 Å². The highest BCUT2D eigenvalue weighted by molar-refractivity contribution is 7.16. The first-order chi connectivity index (χ1) is 14.8. The number of ether oxygens (including phenoxy) is 1. The second-order valence-electron chi connectivity index (χ2n) is 8.80. The first kappa shape index (κ1) is 24.0. The first-order valence-electron chi connectivity index (χ1n) is 10.2. The number of nitrogens with one attached hydrogen (secondary N) is 1. The van der Waals surface area contributed by atoms with E-state index in [2.05, 4.69) is 10.3 Å². The second kappa shape index (κ2) is 9.09. The van der Waals surface area contributed by atoms with Crippen molar-refractivity contribution in [1.82, 2.24) is 9.88 Å². The maximum Gasteiger partial charge on any atom is 0.416 e. The Morgan fingerprint density at radius 2 is 2.00 bits per heavy atom. The molecule has 10 heteroatoms. The minimum absolute atomic E-state index is 0.214. The lowest BCUT2D eigenvalue weighted by atomic mass is 10.1. The Kier molecular flexibility index (Phi) is 6.83. The van der Waals surface area contributed by atoms with E-state index in [9.17, 15) is 22.8 Å². The van der Waals surface area contributed by atoms with Crippen LogP contribution in [0.1, 0.15) is 49.0 Å². The molecule has 2 amide bonds. The van der Waals surface area contributed by atoms with E-state index in [0.29, 0.717) is 34.2 Å². The van der Waals surface area contributed by atoms with Crippen LogP contribution < -0.4 is 5.32 Å². The van der Waals surface area contributed by atoms with Gasteiger partial charge in [0.1, 0.15) is 10.6 Å². The van der Waals surface area contributed by atoms with E-state index >= 15 is 0 Å². The minimum Gasteiger partial charge on any atom is -0.444 e. The summed E-state index contributed by atoms with van der Waals surface area (Å²) < 4.78 is 44.1. The third-order valence-electron chi connectivity index (χ3n) is 4.90. The fourth-order valence-corrected chi connectivity index (χ4v) is 4.36. The Morgan fingerprint density at radius 3 is 2.66 bits per heavy atom. The number of likely N-dealkylation sites (tertiary alicyclic amines) is 1. The number of hydrogen-bond acceptors (Lipinski definition) is 5. The number of carbonyl (C=O) groups excluding carboxylic acids is 2. The van der Waals surface area contributed by atoms with Crippen LogP contribution in [-0.2, 0) is 22.1 Å². The summed E-state index contributed by atoms with van der Waals surface area (Å²) in [7, 11) is 0. The highest BCUT2D eigenvalue weighted by Gasteiger charge is 2.34. The number of amides is 2. The molecule has 1 aliphatic rings. The van der Waals surface area contributed by atoms with E-state index in [-0.39, 0.29) is 24.8 Å². The van der Waals surface area contributed by atoms with Gasteiger partial charge in [0.15, 0.2) is 0 Å². The number of thiazole rings is 1. The summed E-state index contributed by atoms with van der Waals surface area (Å²) in [4.78, 5) is 30.8. The summed E-state index contributed by atoms with van der Waals surface area (Å²) in [5.74, 6) is -0.579. The number of aromatic nitrogens is 1. The minimum atomic E-state index is -4.40. The maximum atomic E-state index is 12.9. The van der Waals surface area contributed by atoms with Crippen LogP contribution in [0.2, 0.25) is 0 Å². The molecule has 1 unspecified atom stereocenters. The highest BCUT2D eigenvalue weighted by atomic mass is 32.1. The quantitative estimate of drug-likeness (QED) is 0.663. The highest BCUT2D eigenvalue weighted by Crippen LogP contribution is 2.31. The van der Waals surface area contributed by atoms with Crippen LogP contribution in [0.5, 0.6) is 0 Å². The average molecular weight is 470 g/mol. The molecule has 6 nitrogen and oxygen atoms in total. The van der Waals surface area contributed by atoms with Crippen LogP contribution in [0.15, 0.2) is 24.3 Å². The number of anilines is 1. The van der Waals surface area contributed by atoms with Crippen LogP contribution in [-0.4, -0.2) is 40.6 Å². The molecule has 0 saturated carbocycles. The molecule has 1 fully saturated rings. The van der Waals surface area contributed by atoms with Gasteiger partial charge >= 0.3 is 12.3 Å². The van der Waals surface area contributed by atoms with Crippen molar-refractivity contribution in [2.75, 3.05) is 18.4 Å². The van der Waals surface area contributed by atoms with Crippen molar-refractivity contribution in [2.45, 2.75) is 52.3 Å². The summed E-state index contributed by atoms with van der Waals surface area (Å²) in [5, 5.41) is 4.03. The van der Waals surface area contributed by atoms with Gasteiger partial charge in [0.2, 0.25) is 5.91 Å². The molecule has 2 heterocycles. The van der Waals surface area contributed by atoms with E-state index in [4.69, 9.17) is 4.74 Å². The molecule has 1 N–H and O–H groups in total. The maximum absolute atomic E-state index is 12.9. The standard InChI is InChI=1S/C22H26F3N3O3S/c1-13-19(27-18(29)15-8-9-28(12-15)20(30)31-21(2,3)4)32-17(26-13)11-14-6-5-7-16(10-14)22(23,24)25/h5-7,10,15H,8-9,11-12H2,1-4H3,(H,27,29). The van der Waals surface area contributed by atoms with E-state index in [1.165, 1.54) is 22.3 Å². The monoisotopic (exact) mass is 469 g/mol. The van der Waals surface area contributed by atoms with Crippen molar-refractivity contribution in [3.05, 3.63) is 46.1 Å². The van der Waals surface area contributed by atoms with Crippen molar-refractivity contribution in [2.24, 2.45) is 5.92 Å². The predicted molar refractivity (Wildman–Crippen MR) is 116 cm³/mol. The molecule has 0 spiro atoms. The van der Waals surface area contributed by atoms with Crippen molar-refractivity contribution in [3.8, 4) is 0 Å². The number of hydrogen-bond donors (Lipinski definition) is 1. The largest absolute Gasteiger partial charge is 0.444 e. The van der Waals surface area contributed by atoms with Gasteiger partial charge in [0.25, 0.3) is 0 Å². The van der Waals surface area contributed by atoms with Crippen LogP contribution in [0, 0.1) is 12.8 Å². The zero-order valence-electron chi connectivity index (χ0n) is 18.4. The summed E-state index contributed by atoms with van der Waals surface area (Å²) in [6.45, 7) is 7.81. The van der Waals surface area contributed by atoms with Crippen molar-refractivity contribution in [1.29, 1.82) is 0 Å². The Bertz CT molecular complexity index is 998. The van der Waals surface area contributed by atoms with E-state index in [0.717, 1.165) is 12.1 Å². The van der Waals surface area contributed by atoms with Crippen molar-refractivity contribution in [3.63, 3.8) is 0 Å². The molecule has 3 rings (SSSR count). The molecular formula is C22H26F3N3O3S. The normalized spacial score (nSPS) is 16.8. The summed E-state index contributed by atoms with van der Waals surface area (Å²) in [6, 6.07) is 5.13. The second-order valence-corrected chi connectivity index (χ2v) is 9.88. The summed E-state index contributed by atoms with van der Waals surface area (Å²) in [5.41, 5.74) is -0.206. The summed E-state index contributed by atoms with van der Waals surface area (Å²) in [6.07, 6.45) is -4.08. The van der Waals surface area contributed by atoms with Crippen LogP contribution in [0.3, 0.4) is 0 Å². The zero-order valence-corrected chi connectivity index (χ0v) is 19.2. The van der Waals surface area contributed by atoms with E-state index in [1.807, 2.05) is 0 Å².